The summed E-state index contributed by atoms with van der Waals surface area (Å²) in [4.78, 5) is 14.2. The summed E-state index contributed by atoms with van der Waals surface area (Å²) in [6.07, 6.45) is 0. The number of piperazine rings is 1. The summed E-state index contributed by atoms with van der Waals surface area (Å²) in [7, 11) is 3.47. The van der Waals surface area contributed by atoms with Crippen LogP contribution in [0, 0.1) is 6.92 Å². The molecular weight excluding hydrogens is 228 g/mol. The molecular formula is C14H20N2O2. The summed E-state index contributed by atoms with van der Waals surface area (Å²) in [5.41, 5.74) is 1.32. The molecule has 1 aromatic rings. The topological polar surface area (TPSA) is 41.6 Å². The fourth-order valence-corrected chi connectivity index (χ4v) is 2.46. The van der Waals surface area contributed by atoms with Gasteiger partial charge in [0, 0.05) is 25.7 Å². The Labute approximate surface area is 108 Å². The molecule has 0 aliphatic carbocycles. The van der Waals surface area contributed by atoms with Crippen molar-refractivity contribution in [2.24, 2.45) is 0 Å². The zero-order valence-corrected chi connectivity index (χ0v) is 11.4. The van der Waals surface area contributed by atoms with Gasteiger partial charge < -0.3 is 9.64 Å². The van der Waals surface area contributed by atoms with E-state index in [1.807, 2.05) is 39.1 Å². The number of hydrogen-bond donors (Lipinski definition) is 1. The smallest absolute Gasteiger partial charge is 0.247 e. The van der Waals surface area contributed by atoms with E-state index in [1.165, 1.54) is 0 Å². The maximum atomic E-state index is 12.4. The Morgan fingerprint density at radius 3 is 2.83 bits per heavy atom. The van der Waals surface area contributed by atoms with E-state index in [9.17, 15) is 4.79 Å². The van der Waals surface area contributed by atoms with Crippen LogP contribution < -0.4 is 10.1 Å². The number of rotatable bonds is 2. The number of aryl methyl sites for hydroxylation is 1. The first-order valence-electron chi connectivity index (χ1n) is 6.15. The van der Waals surface area contributed by atoms with Gasteiger partial charge in [-0.2, -0.15) is 0 Å². The molecule has 1 aromatic carbocycles. The van der Waals surface area contributed by atoms with Crippen molar-refractivity contribution in [1.82, 2.24) is 10.2 Å². The number of ether oxygens (including phenoxy) is 1. The van der Waals surface area contributed by atoms with Gasteiger partial charge in [-0.3, -0.25) is 10.1 Å². The van der Waals surface area contributed by atoms with Crippen molar-refractivity contribution >= 4 is 5.91 Å². The zero-order valence-electron chi connectivity index (χ0n) is 11.4. The molecule has 0 aromatic heterocycles. The molecule has 4 heteroatoms. The lowest BCUT2D eigenvalue weighted by atomic mass is 9.87. The van der Waals surface area contributed by atoms with Crippen molar-refractivity contribution in [3.8, 4) is 5.75 Å². The second-order valence-corrected chi connectivity index (χ2v) is 4.98. The molecule has 1 heterocycles. The van der Waals surface area contributed by atoms with Crippen LogP contribution in [0.2, 0.25) is 0 Å². The Balaban J connectivity index is 2.51. The fourth-order valence-electron chi connectivity index (χ4n) is 2.46. The monoisotopic (exact) mass is 248 g/mol. The van der Waals surface area contributed by atoms with Gasteiger partial charge in [0.15, 0.2) is 0 Å². The van der Waals surface area contributed by atoms with E-state index in [0.29, 0.717) is 0 Å². The van der Waals surface area contributed by atoms with Gasteiger partial charge >= 0.3 is 0 Å². The first-order valence-corrected chi connectivity index (χ1v) is 6.15. The van der Waals surface area contributed by atoms with Gasteiger partial charge in [-0.25, -0.2) is 0 Å². The minimum Gasteiger partial charge on any atom is -0.496 e. The van der Waals surface area contributed by atoms with Crippen molar-refractivity contribution in [2.45, 2.75) is 19.4 Å². The van der Waals surface area contributed by atoms with Crippen molar-refractivity contribution in [2.75, 3.05) is 27.2 Å². The van der Waals surface area contributed by atoms with E-state index >= 15 is 0 Å². The van der Waals surface area contributed by atoms with Crippen molar-refractivity contribution in [3.63, 3.8) is 0 Å². The first-order chi connectivity index (χ1) is 8.49. The van der Waals surface area contributed by atoms with Crippen LogP contribution in [0.3, 0.4) is 0 Å². The minimum atomic E-state index is -0.704. The quantitative estimate of drug-likeness (QED) is 0.857. The molecule has 0 saturated carbocycles. The third kappa shape index (κ3) is 1.97. The number of methoxy groups -OCH3 is 1. The number of carbonyl (C=O) groups excluding carboxylic acids is 1. The van der Waals surface area contributed by atoms with Crippen molar-refractivity contribution < 1.29 is 9.53 Å². The second-order valence-electron chi connectivity index (χ2n) is 4.98. The van der Waals surface area contributed by atoms with Crippen LogP contribution in [0.4, 0.5) is 0 Å². The molecule has 1 fully saturated rings. The van der Waals surface area contributed by atoms with E-state index in [2.05, 4.69) is 5.32 Å². The predicted molar refractivity (Wildman–Crippen MR) is 70.7 cm³/mol. The number of nitrogens with zero attached hydrogens (tertiary/aromatic N) is 1. The molecule has 0 bridgehead atoms. The highest BCUT2D eigenvalue weighted by Gasteiger charge is 2.41. The van der Waals surface area contributed by atoms with Crippen LogP contribution in [0.25, 0.3) is 0 Å². The highest BCUT2D eigenvalue weighted by Crippen LogP contribution is 2.33. The van der Waals surface area contributed by atoms with Gasteiger partial charge in [0.05, 0.1) is 7.11 Å². The van der Waals surface area contributed by atoms with Crippen LogP contribution in [-0.4, -0.2) is 38.1 Å². The highest BCUT2D eigenvalue weighted by molar-refractivity contribution is 5.88. The maximum absolute atomic E-state index is 12.4. The summed E-state index contributed by atoms with van der Waals surface area (Å²) in [5.74, 6) is 0.830. The van der Waals surface area contributed by atoms with Crippen LogP contribution in [0.15, 0.2) is 18.2 Å². The molecule has 1 aliphatic heterocycles. The number of benzene rings is 1. The fraction of sp³-hybridized carbons (Fsp3) is 0.500. The predicted octanol–water partition coefficient (Wildman–Crippen LogP) is 1.28. The molecule has 2 rings (SSSR count). The largest absolute Gasteiger partial charge is 0.496 e. The third-order valence-electron chi connectivity index (χ3n) is 3.59. The summed E-state index contributed by atoms with van der Waals surface area (Å²) in [6, 6.07) is 5.92. The van der Waals surface area contributed by atoms with Crippen LogP contribution in [-0.2, 0) is 10.3 Å². The number of likely N-dealkylation sites (N-methyl/N-ethyl adjacent to an activating group) is 1. The van der Waals surface area contributed by atoms with E-state index in [1.54, 1.807) is 12.0 Å². The maximum Gasteiger partial charge on any atom is 0.247 e. The summed E-state index contributed by atoms with van der Waals surface area (Å²) >= 11 is 0. The summed E-state index contributed by atoms with van der Waals surface area (Å²) in [6.45, 7) is 5.46. The first kappa shape index (κ1) is 12.9. The number of nitrogens with one attached hydrogen (secondary N) is 1. The Bertz CT molecular complexity index is 473. The minimum absolute atomic E-state index is 0.0812. The molecule has 98 valence electrons. The van der Waals surface area contributed by atoms with Gasteiger partial charge in [-0.05, 0) is 26.0 Å². The van der Waals surface area contributed by atoms with E-state index in [0.717, 1.165) is 30.0 Å². The Kier molecular flexibility index (Phi) is 3.30. The third-order valence-corrected chi connectivity index (χ3v) is 3.59. The van der Waals surface area contributed by atoms with Gasteiger partial charge in [0.1, 0.15) is 11.3 Å². The second kappa shape index (κ2) is 4.61. The molecule has 1 N–H and O–H groups in total. The van der Waals surface area contributed by atoms with E-state index < -0.39 is 5.54 Å². The van der Waals surface area contributed by atoms with Gasteiger partial charge in [-0.1, -0.05) is 11.6 Å². The average molecular weight is 248 g/mol. The summed E-state index contributed by atoms with van der Waals surface area (Å²) < 4.78 is 5.39. The molecule has 4 nitrogen and oxygen atoms in total. The number of carbonyl (C=O) groups is 1. The lowest BCUT2D eigenvalue weighted by Gasteiger charge is -2.39. The Morgan fingerprint density at radius 1 is 1.44 bits per heavy atom. The zero-order chi connectivity index (χ0) is 13.3. The van der Waals surface area contributed by atoms with E-state index in [-0.39, 0.29) is 5.91 Å². The molecule has 1 unspecified atom stereocenters. The molecule has 0 spiro atoms. The van der Waals surface area contributed by atoms with Crippen LogP contribution in [0.5, 0.6) is 5.75 Å². The van der Waals surface area contributed by atoms with Crippen molar-refractivity contribution in [3.05, 3.63) is 29.3 Å². The number of amides is 1. The molecule has 0 radical (unpaired) electrons. The normalized spacial score (nSPS) is 24.2. The van der Waals surface area contributed by atoms with Crippen molar-refractivity contribution in [1.29, 1.82) is 0 Å². The van der Waals surface area contributed by atoms with Gasteiger partial charge in [0.2, 0.25) is 5.91 Å². The summed E-state index contributed by atoms with van der Waals surface area (Å²) in [5, 5.41) is 3.32. The van der Waals surface area contributed by atoms with E-state index in [4.69, 9.17) is 4.74 Å². The molecule has 1 aliphatic rings. The van der Waals surface area contributed by atoms with Gasteiger partial charge in [0.25, 0.3) is 0 Å². The molecule has 18 heavy (non-hydrogen) atoms. The lowest BCUT2D eigenvalue weighted by Crippen LogP contribution is -2.59. The molecule has 1 atom stereocenters. The average Bonchev–Trinajstić information content (AvgIpc) is 2.36. The number of hydrogen-bond acceptors (Lipinski definition) is 3. The van der Waals surface area contributed by atoms with Gasteiger partial charge in [-0.15, -0.1) is 0 Å². The lowest BCUT2D eigenvalue weighted by molar-refractivity contribution is -0.139. The Morgan fingerprint density at radius 2 is 2.17 bits per heavy atom. The molecule has 1 saturated heterocycles. The highest BCUT2D eigenvalue weighted by atomic mass is 16.5. The Hall–Kier alpha value is -1.55. The van der Waals surface area contributed by atoms with Crippen LogP contribution >= 0.6 is 0 Å². The molecule has 1 amide bonds. The standard InChI is InChI=1S/C14H20N2O2/c1-10-5-6-12(18-4)11(9-10)14(2)13(17)16(3)8-7-15-14/h5-6,9,15H,7-8H2,1-4H3. The van der Waals surface area contributed by atoms with Crippen LogP contribution in [0.1, 0.15) is 18.1 Å². The SMILES string of the molecule is COc1ccc(C)cc1C1(C)NCCN(C)C1=O.